The fourth-order valence-electron chi connectivity index (χ4n) is 3.40. The van der Waals surface area contributed by atoms with Gasteiger partial charge in [-0.15, -0.1) is 0 Å². The molecule has 1 aliphatic carbocycles. The zero-order valence-corrected chi connectivity index (χ0v) is 14.9. The molecule has 0 atom stereocenters. The first-order valence-corrected chi connectivity index (χ1v) is 8.54. The minimum atomic E-state index is -2.82. The summed E-state index contributed by atoms with van der Waals surface area (Å²) in [4.78, 5) is 12.8. The maximum absolute atomic E-state index is 12.4. The lowest BCUT2D eigenvalue weighted by molar-refractivity contribution is -0.139. The molecule has 1 aliphatic rings. The molecule has 0 bridgehead atoms. The molecule has 1 fully saturated rings. The van der Waals surface area contributed by atoms with Gasteiger partial charge in [-0.3, -0.25) is 9.69 Å². The van der Waals surface area contributed by atoms with E-state index in [0.29, 0.717) is 29.8 Å². The monoisotopic (exact) mass is 356 g/mol. The number of carbonyl (C=O) groups is 1. The van der Waals surface area contributed by atoms with Crippen molar-refractivity contribution in [3.63, 3.8) is 0 Å². The first kappa shape index (κ1) is 19.6. The Morgan fingerprint density at radius 3 is 2.44 bits per heavy atom. The van der Waals surface area contributed by atoms with Gasteiger partial charge in [0.05, 0.1) is 6.54 Å². The van der Waals surface area contributed by atoms with Crippen LogP contribution in [0, 0.1) is 13.8 Å². The summed E-state index contributed by atoms with van der Waals surface area (Å²) in [5.41, 5.74) is 2.42. The van der Waals surface area contributed by atoms with E-state index in [2.05, 4.69) is 10.1 Å². The highest BCUT2D eigenvalue weighted by Crippen LogP contribution is 2.28. The topological polar surface area (TPSA) is 61.8 Å². The van der Waals surface area contributed by atoms with Gasteiger partial charge in [-0.1, -0.05) is 19.1 Å². The number of hydrogen-bond donors (Lipinski definition) is 2. The van der Waals surface area contributed by atoms with Crippen molar-refractivity contribution in [3.05, 3.63) is 28.8 Å². The largest absolute Gasteiger partial charge is 0.480 e. The number of aryl methyl sites for hydroxylation is 2. The molecule has 5 nitrogen and oxygen atoms in total. The zero-order valence-electron chi connectivity index (χ0n) is 14.9. The molecular weight excluding hydrogens is 330 g/mol. The molecule has 0 saturated heterocycles. The van der Waals surface area contributed by atoms with Gasteiger partial charge in [0.2, 0.25) is 0 Å². The van der Waals surface area contributed by atoms with Gasteiger partial charge in [-0.05, 0) is 49.9 Å². The van der Waals surface area contributed by atoms with Gasteiger partial charge in [0.15, 0.2) is 0 Å². The molecule has 0 spiro atoms. The average molecular weight is 356 g/mol. The summed E-state index contributed by atoms with van der Waals surface area (Å²) in [6.45, 7) is 4.14. The normalized spacial score (nSPS) is 20.0. The summed E-state index contributed by atoms with van der Waals surface area (Å²) < 4.78 is 29.4. The molecule has 2 N–H and O–H groups in total. The molecule has 1 aromatic carbocycles. The number of alkyl halides is 2. The smallest absolute Gasteiger partial charge is 0.387 e. The van der Waals surface area contributed by atoms with Crippen LogP contribution in [-0.2, 0) is 11.3 Å². The Balaban J connectivity index is 1.84. The first-order valence-electron chi connectivity index (χ1n) is 8.54. The Labute approximate surface area is 147 Å². The molecular formula is C18H26F2N2O3. The highest BCUT2D eigenvalue weighted by atomic mass is 19.3. The lowest BCUT2D eigenvalue weighted by Crippen LogP contribution is -2.53. The molecule has 1 saturated carbocycles. The third-order valence-corrected chi connectivity index (χ3v) is 4.70. The van der Waals surface area contributed by atoms with Crippen molar-refractivity contribution in [2.75, 3.05) is 13.1 Å². The highest BCUT2D eigenvalue weighted by Gasteiger charge is 2.33. The molecule has 0 aromatic heterocycles. The Kier molecular flexibility index (Phi) is 6.72. The van der Waals surface area contributed by atoms with Gasteiger partial charge in [0.25, 0.3) is 0 Å². The van der Waals surface area contributed by atoms with E-state index in [-0.39, 0.29) is 12.3 Å². The molecule has 1 aromatic rings. The molecule has 25 heavy (non-hydrogen) atoms. The quantitative estimate of drug-likeness (QED) is 0.712. The van der Waals surface area contributed by atoms with Crippen LogP contribution in [0.25, 0.3) is 0 Å². The van der Waals surface area contributed by atoms with Crippen molar-refractivity contribution in [3.8, 4) is 5.75 Å². The molecule has 2 rings (SSSR count). The standard InChI is InChI=1S/C18H26F2N2O3/c1-4-22(10-16(23)24)15-7-14(8-15)21-9-13-5-11(2)17(12(3)6-13)25-18(19)20/h5-6,14-15,18,21H,4,7-10H2,1-3H3,(H,23,24). The number of nitrogens with zero attached hydrogens (tertiary/aromatic N) is 1. The van der Waals surface area contributed by atoms with Crippen LogP contribution in [0.4, 0.5) is 8.78 Å². The summed E-state index contributed by atoms with van der Waals surface area (Å²) >= 11 is 0. The van der Waals surface area contributed by atoms with Crippen LogP contribution in [0.15, 0.2) is 12.1 Å². The summed E-state index contributed by atoms with van der Waals surface area (Å²) in [6, 6.07) is 4.38. The second kappa shape index (κ2) is 8.58. The molecule has 0 heterocycles. The molecule has 0 unspecified atom stereocenters. The van der Waals surface area contributed by atoms with E-state index >= 15 is 0 Å². The third-order valence-electron chi connectivity index (χ3n) is 4.70. The fraction of sp³-hybridized carbons (Fsp3) is 0.611. The average Bonchev–Trinajstić information content (AvgIpc) is 2.47. The lowest BCUT2D eigenvalue weighted by atomic mass is 9.85. The van der Waals surface area contributed by atoms with E-state index in [1.807, 2.05) is 24.0 Å². The van der Waals surface area contributed by atoms with E-state index in [4.69, 9.17) is 5.11 Å². The highest BCUT2D eigenvalue weighted by molar-refractivity contribution is 5.69. The van der Waals surface area contributed by atoms with Gasteiger partial charge in [-0.25, -0.2) is 0 Å². The minimum absolute atomic E-state index is 0.0812. The van der Waals surface area contributed by atoms with Crippen LogP contribution in [0.5, 0.6) is 5.75 Å². The maximum Gasteiger partial charge on any atom is 0.387 e. The van der Waals surface area contributed by atoms with Gasteiger partial charge in [0, 0.05) is 18.6 Å². The molecule has 140 valence electrons. The number of carboxylic acid groups (broad SMARTS) is 1. The predicted octanol–water partition coefficient (Wildman–Crippen LogP) is 2.93. The second-order valence-corrected chi connectivity index (χ2v) is 6.60. The fourth-order valence-corrected chi connectivity index (χ4v) is 3.40. The Morgan fingerprint density at radius 2 is 1.96 bits per heavy atom. The van der Waals surface area contributed by atoms with Gasteiger partial charge in [0.1, 0.15) is 5.75 Å². The molecule has 0 amide bonds. The lowest BCUT2D eigenvalue weighted by Gasteiger charge is -2.42. The Morgan fingerprint density at radius 1 is 1.36 bits per heavy atom. The minimum Gasteiger partial charge on any atom is -0.480 e. The van der Waals surface area contributed by atoms with Crippen LogP contribution >= 0.6 is 0 Å². The van der Waals surface area contributed by atoms with E-state index in [9.17, 15) is 13.6 Å². The van der Waals surface area contributed by atoms with Gasteiger partial charge >= 0.3 is 12.6 Å². The van der Waals surface area contributed by atoms with Crippen LogP contribution in [0.1, 0.15) is 36.5 Å². The summed E-state index contributed by atoms with van der Waals surface area (Å²) in [7, 11) is 0. The van der Waals surface area contributed by atoms with Crippen molar-refractivity contribution in [1.82, 2.24) is 10.2 Å². The van der Waals surface area contributed by atoms with Crippen molar-refractivity contribution >= 4 is 5.97 Å². The van der Waals surface area contributed by atoms with Crippen LogP contribution in [-0.4, -0.2) is 47.8 Å². The predicted molar refractivity (Wildman–Crippen MR) is 91.1 cm³/mol. The third kappa shape index (κ3) is 5.37. The number of likely N-dealkylation sites (N-methyl/N-ethyl adjacent to an activating group) is 1. The van der Waals surface area contributed by atoms with E-state index < -0.39 is 12.6 Å². The number of ether oxygens (including phenoxy) is 1. The number of nitrogens with one attached hydrogen (secondary N) is 1. The Bertz CT molecular complexity index is 581. The van der Waals surface area contributed by atoms with Crippen LogP contribution in [0.3, 0.4) is 0 Å². The van der Waals surface area contributed by atoms with Gasteiger partial charge < -0.3 is 15.2 Å². The first-order chi connectivity index (χ1) is 11.8. The van der Waals surface area contributed by atoms with E-state index in [0.717, 1.165) is 24.9 Å². The summed E-state index contributed by atoms with van der Waals surface area (Å²) in [6.07, 6.45) is 1.84. The van der Waals surface area contributed by atoms with E-state index in [1.54, 1.807) is 13.8 Å². The van der Waals surface area contributed by atoms with Crippen molar-refractivity contribution in [2.24, 2.45) is 0 Å². The second-order valence-electron chi connectivity index (χ2n) is 6.60. The molecule has 0 radical (unpaired) electrons. The van der Waals surface area contributed by atoms with Crippen molar-refractivity contribution in [2.45, 2.75) is 58.9 Å². The number of halogens is 2. The maximum atomic E-state index is 12.4. The number of carboxylic acids is 1. The summed E-state index contributed by atoms with van der Waals surface area (Å²) in [5, 5.41) is 12.4. The van der Waals surface area contributed by atoms with Crippen molar-refractivity contribution in [1.29, 1.82) is 0 Å². The zero-order chi connectivity index (χ0) is 18.6. The number of aliphatic carboxylic acids is 1. The number of rotatable bonds is 9. The summed E-state index contributed by atoms with van der Waals surface area (Å²) in [5.74, 6) is -0.551. The van der Waals surface area contributed by atoms with Gasteiger partial charge in [-0.2, -0.15) is 8.78 Å². The molecule has 7 heteroatoms. The number of hydrogen-bond acceptors (Lipinski definition) is 4. The SMILES string of the molecule is CCN(CC(=O)O)C1CC(NCc2cc(C)c(OC(F)F)c(C)c2)C1. The number of benzene rings is 1. The Hall–Kier alpha value is -1.73. The van der Waals surface area contributed by atoms with E-state index in [1.165, 1.54) is 0 Å². The van der Waals surface area contributed by atoms with Crippen LogP contribution < -0.4 is 10.1 Å². The van der Waals surface area contributed by atoms with Crippen molar-refractivity contribution < 1.29 is 23.4 Å². The molecule has 0 aliphatic heterocycles. The van der Waals surface area contributed by atoms with Crippen LogP contribution in [0.2, 0.25) is 0 Å².